The maximum atomic E-state index is 5.25. The lowest BCUT2D eigenvalue weighted by atomic mass is 10.1. The van der Waals surface area contributed by atoms with Crippen LogP contribution in [-0.4, -0.2) is 24.3 Å². The summed E-state index contributed by atoms with van der Waals surface area (Å²) in [6.07, 6.45) is 2.14. The van der Waals surface area contributed by atoms with Crippen LogP contribution in [-0.2, 0) is 6.54 Å². The van der Waals surface area contributed by atoms with E-state index in [1.54, 1.807) is 7.11 Å². The Kier molecular flexibility index (Phi) is 4.48. The van der Waals surface area contributed by atoms with Gasteiger partial charge >= 0.3 is 0 Å². The molecule has 3 heteroatoms. The highest BCUT2D eigenvalue weighted by Gasteiger charge is 2.06. The zero-order valence-corrected chi connectivity index (χ0v) is 12.3. The molecule has 1 N–H and O–H groups in total. The van der Waals surface area contributed by atoms with Gasteiger partial charge in [0.05, 0.1) is 7.11 Å². The van der Waals surface area contributed by atoms with Gasteiger partial charge in [-0.15, -0.1) is 0 Å². The molecule has 1 unspecified atom stereocenters. The summed E-state index contributed by atoms with van der Waals surface area (Å²) >= 11 is 0. The van der Waals surface area contributed by atoms with Crippen LogP contribution in [0.3, 0.4) is 0 Å². The Labute approximate surface area is 115 Å². The molecule has 104 valence electrons. The summed E-state index contributed by atoms with van der Waals surface area (Å²) in [4.78, 5) is 0. The fraction of sp³-hybridized carbons (Fsp3) is 0.500. The largest absolute Gasteiger partial charge is 0.497 e. The van der Waals surface area contributed by atoms with Crippen molar-refractivity contribution >= 4 is 10.9 Å². The van der Waals surface area contributed by atoms with E-state index in [9.17, 15) is 0 Å². The van der Waals surface area contributed by atoms with Gasteiger partial charge in [0.15, 0.2) is 0 Å². The van der Waals surface area contributed by atoms with Crippen molar-refractivity contribution in [2.24, 2.45) is 5.92 Å². The molecule has 2 aromatic rings. The molecule has 0 amide bonds. The van der Waals surface area contributed by atoms with Crippen LogP contribution in [0.1, 0.15) is 20.8 Å². The average molecular weight is 260 g/mol. The Bertz CT molecular complexity index is 531. The second kappa shape index (κ2) is 6.11. The topological polar surface area (TPSA) is 26.2 Å². The van der Waals surface area contributed by atoms with E-state index in [2.05, 4.69) is 55.1 Å². The van der Waals surface area contributed by atoms with E-state index in [1.807, 2.05) is 6.07 Å². The van der Waals surface area contributed by atoms with Crippen LogP contribution >= 0.6 is 0 Å². The Hall–Kier alpha value is -1.48. The van der Waals surface area contributed by atoms with Crippen molar-refractivity contribution in [2.75, 3.05) is 13.7 Å². The number of rotatable bonds is 6. The van der Waals surface area contributed by atoms with Gasteiger partial charge in [-0.05, 0) is 37.1 Å². The van der Waals surface area contributed by atoms with Crippen LogP contribution in [0.15, 0.2) is 30.5 Å². The molecule has 3 nitrogen and oxygen atoms in total. The molecule has 0 spiro atoms. The van der Waals surface area contributed by atoms with Crippen molar-refractivity contribution in [1.82, 2.24) is 9.88 Å². The molecular weight excluding hydrogens is 236 g/mol. The molecule has 0 aliphatic heterocycles. The van der Waals surface area contributed by atoms with Crippen LogP contribution in [0.2, 0.25) is 0 Å². The third-order valence-electron chi connectivity index (χ3n) is 3.80. The van der Waals surface area contributed by atoms with Gasteiger partial charge in [0, 0.05) is 36.2 Å². The number of hydrogen-bond acceptors (Lipinski definition) is 2. The first-order valence-electron chi connectivity index (χ1n) is 6.98. The Morgan fingerprint density at radius 1 is 1.21 bits per heavy atom. The van der Waals surface area contributed by atoms with Crippen molar-refractivity contribution in [3.8, 4) is 5.75 Å². The van der Waals surface area contributed by atoms with E-state index in [1.165, 1.54) is 10.9 Å². The molecule has 1 aromatic heterocycles. The minimum absolute atomic E-state index is 0.557. The van der Waals surface area contributed by atoms with Gasteiger partial charge in [-0.1, -0.05) is 13.8 Å². The molecule has 0 aliphatic carbocycles. The zero-order chi connectivity index (χ0) is 13.8. The summed E-state index contributed by atoms with van der Waals surface area (Å²) in [6.45, 7) is 8.72. The first-order valence-corrected chi connectivity index (χ1v) is 6.98. The van der Waals surface area contributed by atoms with Crippen LogP contribution < -0.4 is 10.1 Å². The van der Waals surface area contributed by atoms with Crippen molar-refractivity contribution < 1.29 is 4.74 Å². The zero-order valence-electron chi connectivity index (χ0n) is 12.3. The predicted molar refractivity (Wildman–Crippen MR) is 80.8 cm³/mol. The fourth-order valence-electron chi connectivity index (χ4n) is 2.15. The summed E-state index contributed by atoms with van der Waals surface area (Å²) in [6, 6.07) is 8.92. The van der Waals surface area contributed by atoms with E-state index < -0.39 is 0 Å². The normalized spacial score (nSPS) is 13.1. The third-order valence-corrected chi connectivity index (χ3v) is 3.80. The second-order valence-corrected chi connectivity index (χ2v) is 5.42. The first kappa shape index (κ1) is 13.9. The van der Waals surface area contributed by atoms with E-state index >= 15 is 0 Å². The molecule has 0 fully saturated rings. The lowest BCUT2D eigenvalue weighted by molar-refractivity contribution is 0.415. The quantitative estimate of drug-likeness (QED) is 0.862. The predicted octanol–water partition coefficient (Wildman–Crippen LogP) is 3.28. The lowest BCUT2D eigenvalue weighted by Crippen LogP contribution is -2.33. The van der Waals surface area contributed by atoms with Gasteiger partial charge in [-0.3, -0.25) is 0 Å². The summed E-state index contributed by atoms with van der Waals surface area (Å²) in [5.41, 5.74) is 1.26. The van der Waals surface area contributed by atoms with Gasteiger partial charge in [-0.25, -0.2) is 0 Å². The van der Waals surface area contributed by atoms with Crippen molar-refractivity contribution in [1.29, 1.82) is 0 Å². The molecule has 0 radical (unpaired) electrons. The number of methoxy groups -OCH3 is 1. The Balaban J connectivity index is 2.01. The maximum Gasteiger partial charge on any atom is 0.119 e. The van der Waals surface area contributed by atoms with Gasteiger partial charge in [0.1, 0.15) is 5.75 Å². The van der Waals surface area contributed by atoms with Gasteiger partial charge < -0.3 is 14.6 Å². The lowest BCUT2D eigenvalue weighted by Gasteiger charge is -2.17. The highest BCUT2D eigenvalue weighted by molar-refractivity contribution is 5.81. The Morgan fingerprint density at radius 2 is 2.00 bits per heavy atom. The third kappa shape index (κ3) is 3.29. The minimum atomic E-state index is 0.557. The number of aromatic nitrogens is 1. The monoisotopic (exact) mass is 260 g/mol. The van der Waals surface area contributed by atoms with E-state index in [-0.39, 0.29) is 0 Å². The molecule has 0 bridgehead atoms. The molecule has 0 saturated carbocycles. The molecule has 0 saturated heterocycles. The minimum Gasteiger partial charge on any atom is -0.497 e. The summed E-state index contributed by atoms with van der Waals surface area (Å²) in [5, 5.41) is 4.79. The highest BCUT2D eigenvalue weighted by Crippen LogP contribution is 2.21. The van der Waals surface area contributed by atoms with Crippen LogP contribution in [0.4, 0.5) is 0 Å². The number of ether oxygens (including phenoxy) is 1. The first-order chi connectivity index (χ1) is 9.11. The molecule has 1 atom stereocenters. The van der Waals surface area contributed by atoms with Gasteiger partial charge in [0.2, 0.25) is 0 Å². The number of nitrogens with one attached hydrogen (secondary N) is 1. The highest BCUT2D eigenvalue weighted by atomic mass is 16.5. The Morgan fingerprint density at radius 3 is 2.68 bits per heavy atom. The van der Waals surface area contributed by atoms with Crippen LogP contribution in [0.25, 0.3) is 10.9 Å². The smallest absolute Gasteiger partial charge is 0.119 e. The van der Waals surface area contributed by atoms with Crippen molar-refractivity contribution in [3.63, 3.8) is 0 Å². The number of hydrogen-bond donors (Lipinski definition) is 1. The summed E-state index contributed by atoms with van der Waals surface area (Å²) in [7, 11) is 1.70. The average Bonchev–Trinajstić information content (AvgIpc) is 2.80. The van der Waals surface area contributed by atoms with Crippen molar-refractivity contribution in [3.05, 3.63) is 30.5 Å². The molecule has 1 heterocycles. The molecular formula is C16H24N2O. The van der Waals surface area contributed by atoms with E-state index in [0.717, 1.165) is 18.8 Å². The van der Waals surface area contributed by atoms with E-state index in [4.69, 9.17) is 4.74 Å². The molecule has 19 heavy (non-hydrogen) atoms. The summed E-state index contributed by atoms with van der Waals surface area (Å²) in [5.74, 6) is 1.59. The summed E-state index contributed by atoms with van der Waals surface area (Å²) < 4.78 is 7.54. The van der Waals surface area contributed by atoms with Crippen molar-refractivity contribution in [2.45, 2.75) is 33.4 Å². The van der Waals surface area contributed by atoms with E-state index in [0.29, 0.717) is 12.0 Å². The molecule has 1 aromatic carbocycles. The number of fused-ring (bicyclic) bond motifs is 1. The molecule has 0 aliphatic rings. The fourth-order valence-corrected chi connectivity index (χ4v) is 2.15. The standard InChI is InChI=1S/C16H24N2O/c1-12(2)13(3)17-8-10-18-9-7-14-11-15(19-4)5-6-16(14)18/h5-7,9,11-13,17H,8,10H2,1-4H3. The number of nitrogens with zero attached hydrogens (tertiary/aromatic N) is 1. The second-order valence-electron chi connectivity index (χ2n) is 5.42. The van der Waals surface area contributed by atoms with Gasteiger partial charge in [0.25, 0.3) is 0 Å². The number of benzene rings is 1. The van der Waals surface area contributed by atoms with Crippen LogP contribution in [0.5, 0.6) is 5.75 Å². The van der Waals surface area contributed by atoms with Gasteiger partial charge in [-0.2, -0.15) is 0 Å². The SMILES string of the molecule is COc1ccc2c(ccn2CCNC(C)C(C)C)c1. The maximum absolute atomic E-state index is 5.25. The van der Waals surface area contributed by atoms with Crippen LogP contribution in [0, 0.1) is 5.92 Å². The molecule has 2 rings (SSSR count).